The van der Waals surface area contributed by atoms with Crippen molar-refractivity contribution in [3.63, 3.8) is 0 Å². The van der Waals surface area contributed by atoms with Crippen LogP contribution in [0.2, 0.25) is 0 Å². The van der Waals surface area contributed by atoms with Crippen LogP contribution < -0.4 is 11.1 Å². The van der Waals surface area contributed by atoms with E-state index in [4.69, 9.17) is 20.7 Å². The van der Waals surface area contributed by atoms with Gasteiger partial charge in [0.1, 0.15) is 18.3 Å². The van der Waals surface area contributed by atoms with E-state index in [0.29, 0.717) is 0 Å². The van der Waals surface area contributed by atoms with Crippen LogP contribution >= 0.6 is 0 Å². The van der Waals surface area contributed by atoms with Crippen LogP contribution in [0.3, 0.4) is 0 Å². The van der Waals surface area contributed by atoms with Gasteiger partial charge in [-0.15, -0.1) is 0 Å². The predicted molar refractivity (Wildman–Crippen MR) is 68.2 cm³/mol. The van der Waals surface area contributed by atoms with Crippen LogP contribution in [0.5, 0.6) is 0 Å². The second kappa shape index (κ2) is 7.28. The molecule has 22 heavy (non-hydrogen) atoms. The number of hydrogen-bond acceptors (Lipinski definition) is 9. The Morgan fingerprint density at radius 1 is 1.41 bits per heavy atom. The van der Waals surface area contributed by atoms with Gasteiger partial charge < -0.3 is 46.4 Å². The van der Waals surface area contributed by atoms with Gasteiger partial charge >= 0.3 is 5.97 Å². The van der Waals surface area contributed by atoms with Crippen molar-refractivity contribution in [3.05, 3.63) is 0 Å². The van der Waals surface area contributed by atoms with Crippen molar-refractivity contribution in [3.8, 4) is 0 Å². The summed E-state index contributed by atoms with van der Waals surface area (Å²) in [5, 5.41) is 59.1. The largest absolute Gasteiger partial charge is 0.477 e. The van der Waals surface area contributed by atoms with Gasteiger partial charge in [-0.2, -0.15) is 0 Å². The van der Waals surface area contributed by atoms with Crippen molar-refractivity contribution in [1.29, 1.82) is 0 Å². The van der Waals surface area contributed by atoms with Gasteiger partial charge in [0.15, 0.2) is 0 Å². The summed E-state index contributed by atoms with van der Waals surface area (Å²) in [6.45, 7) is -1.34. The van der Waals surface area contributed by atoms with Crippen LogP contribution in [0.4, 0.5) is 0 Å². The highest BCUT2D eigenvalue weighted by Crippen LogP contribution is 2.30. The lowest BCUT2D eigenvalue weighted by Gasteiger charge is -2.44. The van der Waals surface area contributed by atoms with Crippen molar-refractivity contribution in [1.82, 2.24) is 5.32 Å². The molecule has 0 radical (unpaired) electrons. The molecule has 9 N–H and O–H groups in total. The molecule has 11 nitrogen and oxygen atoms in total. The zero-order valence-corrected chi connectivity index (χ0v) is 11.5. The molecule has 128 valence electrons. The van der Waals surface area contributed by atoms with Crippen LogP contribution in [-0.4, -0.2) is 91.9 Å². The molecule has 1 rings (SSSR count). The third-order valence-corrected chi connectivity index (χ3v) is 3.35. The van der Waals surface area contributed by atoms with Crippen LogP contribution in [-0.2, 0) is 14.3 Å². The Balaban J connectivity index is 3.07. The second-order valence-corrected chi connectivity index (χ2v) is 4.98. The molecule has 6 atom stereocenters. The number of aliphatic carboxylic acids is 1. The Morgan fingerprint density at radius 3 is 2.45 bits per heavy atom. The van der Waals surface area contributed by atoms with E-state index in [1.807, 2.05) is 0 Å². The number of carbonyl (C=O) groups excluding carboxylic acids is 1. The fraction of sp³-hybridized carbons (Fsp3) is 0.818. The van der Waals surface area contributed by atoms with Crippen molar-refractivity contribution >= 4 is 11.9 Å². The third kappa shape index (κ3) is 3.89. The van der Waals surface area contributed by atoms with E-state index in [2.05, 4.69) is 5.32 Å². The number of carbonyl (C=O) groups is 2. The highest BCUT2D eigenvalue weighted by Gasteiger charge is 2.53. The van der Waals surface area contributed by atoms with Crippen molar-refractivity contribution < 1.29 is 45.0 Å². The SMILES string of the molecule is NCC(=O)N[C@H]1[C@H]([C@H](O)[C@H](O)CO)O[C@](O)(C(=O)O)C[C@@H]1O. The Kier molecular flexibility index (Phi) is 6.19. The minimum Gasteiger partial charge on any atom is -0.477 e. The highest BCUT2D eigenvalue weighted by atomic mass is 16.7. The van der Waals surface area contributed by atoms with Gasteiger partial charge in [0, 0.05) is 6.42 Å². The first-order chi connectivity index (χ1) is 10.2. The Morgan fingerprint density at radius 2 is 2.00 bits per heavy atom. The molecule has 1 amide bonds. The molecule has 0 aromatic heterocycles. The van der Waals surface area contributed by atoms with Crippen molar-refractivity contribution in [2.75, 3.05) is 13.2 Å². The topological polar surface area (TPSA) is 203 Å². The van der Waals surface area contributed by atoms with E-state index < -0.39 is 67.7 Å². The number of nitrogens with one attached hydrogen (secondary N) is 1. The molecule has 1 aliphatic rings. The maximum Gasteiger partial charge on any atom is 0.364 e. The zero-order chi connectivity index (χ0) is 17.1. The Hall–Kier alpha value is -1.34. The summed E-state index contributed by atoms with van der Waals surface area (Å²) in [6.07, 6.45) is -7.70. The van der Waals surface area contributed by atoms with E-state index in [1.165, 1.54) is 0 Å². The number of aliphatic hydroxyl groups is 5. The molecule has 1 fully saturated rings. The van der Waals surface area contributed by atoms with Gasteiger partial charge in [0.05, 0.1) is 25.3 Å². The number of rotatable bonds is 6. The van der Waals surface area contributed by atoms with E-state index in [0.717, 1.165) is 0 Å². The zero-order valence-electron chi connectivity index (χ0n) is 11.5. The lowest BCUT2D eigenvalue weighted by atomic mass is 9.88. The summed E-state index contributed by atoms with van der Waals surface area (Å²) in [4.78, 5) is 22.4. The Bertz CT molecular complexity index is 420. The van der Waals surface area contributed by atoms with Crippen LogP contribution in [0, 0.1) is 0 Å². The first-order valence-electron chi connectivity index (χ1n) is 6.44. The molecule has 0 unspecified atom stereocenters. The average molecular weight is 324 g/mol. The fourth-order valence-corrected chi connectivity index (χ4v) is 2.15. The molecular weight excluding hydrogens is 304 g/mol. The molecule has 11 heteroatoms. The van der Waals surface area contributed by atoms with Gasteiger partial charge in [-0.05, 0) is 0 Å². The second-order valence-electron chi connectivity index (χ2n) is 4.98. The number of carboxylic acid groups (broad SMARTS) is 1. The van der Waals surface area contributed by atoms with Crippen LogP contribution in [0.15, 0.2) is 0 Å². The Labute approximate surface area is 124 Å². The summed E-state index contributed by atoms with van der Waals surface area (Å²) in [5.74, 6) is -5.36. The summed E-state index contributed by atoms with van der Waals surface area (Å²) >= 11 is 0. The molecule has 1 aliphatic heterocycles. The predicted octanol–water partition coefficient (Wildman–Crippen LogP) is -4.93. The average Bonchev–Trinajstić information content (AvgIpc) is 2.47. The molecule has 1 saturated heterocycles. The smallest absolute Gasteiger partial charge is 0.364 e. The first kappa shape index (κ1) is 18.7. The maximum atomic E-state index is 11.4. The van der Waals surface area contributed by atoms with Crippen LogP contribution in [0.25, 0.3) is 0 Å². The first-order valence-corrected chi connectivity index (χ1v) is 6.44. The molecular formula is C11H20N2O9. The molecule has 0 aliphatic carbocycles. The molecule has 0 aromatic rings. The summed E-state index contributed by atoms with van der Waals surface area (Å²) in [5.41, 5.74) is 5.11. The number of ether oxygens (including phenoxy) is 1. The molecule has 0 saturated carbocycles. The minimum atomic E-state index is -2.82. The van der Waals surface area contributed by atoms with E-state index in [1.54, 1.807) is 0 Å². The molecule has 0 aromatic carbocycles. The highest BCUT2D eigenvalue weighted by molar-refractivity contribution is 5.78. The van der Waals surface area contributed by atoms with Gasteiger partial charge in [0.2, 0.25) is 5.91 Å². The number of nitrogens with two attached hydrogens (primary N) is 1. The summed E-state index contributed by atoms with van der Waals surface area (Å²) in [6, 6.07) is -1.34. The monoisotopic (exact) mass is 324 g/mol. The van der Waals surface area contributed by atoms with E-state index >= 15 is 0 Å². The molecule has 0 bridgehead atoms. The van der Waals surface area contributed by atoms with E-state index in [9.17, 15) is 30.0 Å². The van der Waals surface area contributed by atoms with Gasteiger partial charge in [-0.1, -0.05) is 0 Å². The number of aliphatic hydroxyl groups excluding tert-OH is 4. The van der Waals surface area contributed by atoms with Gasteiger partial charge in [-0.25, -0.2) is 4.79 Å². The van der Waals surface area contributed by atoms with E-state index in [-0.39, 0.29) is 0 Å². The minimum absolute atomic E-state index is 0.447. The number of hydrogen-bond donors (Lipinski definition) is 8. The quantitative estimate of drug-likeness (QED) is 0.234. The number of amides is 1. The lowest BCUT2D eigenvalue weighted by Crippen LogP contribution is -2.67. The lowest BCUT2D eigenvalue weighted by molar-refractivity contribution is -0.295. The molecule has 1 heterocycles. The normalized spacial score (nSPS) is 34.7. The summed E-state index contributed by atoms with van der Waals surface area (Å²) in [7, 11) is 0. The van der Waals surface area contributed by atoms with Crippen molar-refractivity contribution in [2.24, 2.45) is 5.73 Å². The van der Waals surface area contributed by atoms with Crippen LogP contribution in [0.1, 0.15) is 6.42 Å². The standard InChI is InChI=1S/C11H20N2O9/c12-2-6(17)13-7-4(15)1-11(21,10(19)20)22-9(7)8(18)5(16)3-14/h4-5,7-9,14-16,18,21H,1-3,12H2,(H,13,17)(H,19,20)/t4-,5+,7+,8+,9+,11-/m0/s1. The summed E-state index contributed by atoms with van der Waals surface area (Å²) < 4.78 is 4.87. The number of carboxylic acids is 1. The molecule has 0 spiro atoms. The third-order valence-electron chi connectivity index (χ3n) is 3.35. The fourth-order valence-electron chi connectivity index (χ4n) is 2.15. The van der Waals surface area contributed by atoms with Gasteiger partial charge in [0.25, 0.3) is 5.79 Å². The van der Waals surface area contributed by atoms with Gasteiger partial charge in [-0.3, -0.25) is 4.79 Å². The maximum absolute atomic E-state index is 11.4. The van der Waals surface area contributed by atoms with Crippen molar-refractivity contribution in [2.45, 2.75) is 42.7 Å².